The standard InChI is InChI=1S/C20H12ClFN4O/c1-24-16-10-13-18(25-12-7-8-15(22)14(21)9-12)20(23)27-19(13)17(26-16)11-5-3-2-4-6-11/h2-10,25H,23H2. The molecule has 132 valence electrons. The van der Waals surface area contributed by atoms with Crippen LogP contribution < -0.4 is 11.1 Å². The molecule has 4 rings (SSSR count). The predicted octanol–water partition coefficient (Wildman–Crippen LogP) is 6.16. The van der Waals surface area contributed by atoms with E-state index in [1.165, 1.54) is 18.2 Å². The fourth-order valence-electron chi connectivity index (χ4n) is 2.80. The molecule has 0 aliphatic carbocycles. The number of nitrogens with two attached hydrogens (primary N) is 1. The summed E-state index contributed by atoms with van der Waals surface area (Å²) in [4.78, 5) is 7.82. The van der Waals surface area contributed by atoms with Gasteiger partial charge in [-0.25, -0.2) is 4.39 Å². The monoisotopic (exact) mass is 378 g/mol. The Bertz CT molecular complexity index is 1200. The third kappa shape index (κ3) is 3.05. The van der Waals surface area contributed by atoms with Crippen LogP contribution in [0.5, 0.6) is 0 Å². The topological polar surface area (TPSA) is 68.4 Å². The van der Waals surface area contributed by atoms with Crippen LogP contribution in [0, 0.1) is 12.4 Å². The Morgan fingerprint density at radius 2 is 1.93 bits per heavy atom. The molecule has 0 saturated heterocycles. The third-order valence-corrected chi connectivity index (χ3v) is 4.33. The Morgan fingerprint density at radius 3 is 2.63 bits per heavy atom. The van der Waals surface area contributed by atoms with Gasteiger partial charge in [0.15, 0.2) is 5.58 Å². The van der Waals surface area contributed by atoms with Gasteiger partial charge in [-0.3, -0.25) is 0 Å². The molecule has 0 aliphatic rings. The van der Waals surface area contributed by atoms with Gasteiger partial charge < -0.3 is 20.3 Å². The Kier molecular flexibility index (Phi) is 4.15. The average Bonchev–Trinajstić information content (AvgIpc) is 3.00. The van der Waals surface area contributed by atoms with Gasteiger partial charge in [0.2, 0.25) is 11.6 Å². The number of nitrogen functional groups attached to an aromatic ring is 1. The molecule has 2 aromatic heterocycles. The Balaban J connectivity index is 1.91. The fourth-order valence-corrected chi connectivity index (χ4v) is 2.98. The minimum Gasteiger partial charge on any atom is -0.434 e. The van der Waals surface area contributed by atoms with Gasteiger partial charge in [0, 0.05) is 16.6 Å². The van der Waals surface area contributed by atoms with Gasteiger partial charge in [-0.15, -0.1) is 4.98 Å². The molecule has 0 saturated carbocycles. The van der Waals surface area contributed by atoms with Gasteiger partial charge in [-0.05, 0) is 24.3 Å². The second kappa shape index (κ2) is 6.63. The molecule has 27 heavy (non-hydrogen) atoms. The molecule has 0 bridgehead atoms. The number of pyridine rings is 1. The lowest BCUT2D eigenvalue weighted by atomic mass is 10.1. The second-order valence-corrected chi connectivity index (χ2v) is 6.19. The van der Waals surface area contributed by atoms with Crippen LogP contribution in [0.15, 0.2) is 59.0 Å². The van der Waals surface area contributed by atoms with Crippen molar-refractivity contribution in [2.24, 2.45) is 0 Å². The normalized spacial score (nSPS) is 10.7. The lowest BCUT2D eigenvalue weighted by molar-refractivity contribution is 0.628. The van der Waals surface area contributed by atoms with Crippen LogP contribution in [0.4, 0.5) is 27.5 Å². The molecule has 2 aromatic carbocycles. The largest absolute Gasteiger partial charge is 0.434 e. The summed E-state index contributed by atoms with van der Waals surface area (Å²) < 4.78 is 19.2. The molecule has 0 aliphatic heterocycles. The molecule has 7 heteroatoms. The maximum absolute atomic E-state index is 13.4. The number of aromatic nitrogens is 1. The van der Waals surface area contributed by atoms with Gasteiger partial charge in [-0.1, -0.05) is 48.5 Å². The summed E-state index contributed by atoms with van der Waals surface area (Å²) in [6, 6.07) is 15.2. The molecule has 4 aromatic rings. The predicted molar refractivity (Wildman–Crippen MR) is 105 cm³/mol. The number of nitrogens with one attached hydrogen (secondary N) is 1. The number of nitrogens with zero attached hydrogens (tertiary/aromatic N) is 2. The number of hydrogen-bond donors (Lipinski definition) is 2. The zero-order valence-electron chi connectivity index (χ0n) is 13.8. The highest BCUT2D eigenvalue weighted by molar-refractivity contribution is 6.31. The lowest BCUT2D eigenvalue weighted by Crippen LogP contribution is -1.94. The van der Waals surface area contributed by atoms with E-state index in [-0.39, 0.29) is 16.7 Å². The molecule has 0 atom stereocenters. The molecule has 0 amide bonds. The maximum atomic E-state index is 13.4. The van der Waals surface area contributed by atoms with E-state index in [2.05, 4.69) is 15.1 Å². The summed E-state index contributed by atoms with van der Waals surface area (Å²) in [6.45, 7) is 7.35. The average molecular weight is 379 g/mol. The number of furan rings is 1. The van der Waals surface area contributed by atoms with Crippen molar-refractivity contribution in [3.05, 3.63) is 76.9 Å². The summed E-state index contributed by atoms with van der Waals surface area (Å²) in [7, 11) is 0. The van der Waals surface area contributed by atoms with Gasteiger partial charge in [-0.2, -0.15) is 0 Å². The van der Waals surface area contributed by atoms with Crippen LogP contribution in [0.25, 0.3) is 27.1 Å². The van der Waals surface area contributed by atoms with E-state index < -0.39 is 5.82 Å². The minimum absolute atomic E-state index is 0.0140. The van der Waals surface area contributed by atoms with E-state index in [0.717, 1.165) is 5.56 Å². The van der Waals surface area contributed by atoms with E-state index in [4.69, 9.17) is 28.3 Å². The summed E-state index contributed by atoms with van der Waals surface area (Å²) in [6.07, 6.45) is 0. The van der Waals surface area contributed by atoms with Crippen LogP contribution in [0.1, 0.15) is 0 Å². The van der Waals surface area contributed by atoms with Crippen molar-refractivity contribution < 1.29 is 8.81 Å². The van der Waals surface area contributed by atoms with Crippen molar-refractivity contribution in [1.29, 1.82) is 0 Å². The Labute approximate surface area is 159 Å². The van der Waals surface area contributed by atoms with Crippen LogP contribution in [-0.2, 0) is 0 Å². The SMILES string of the molecule is [C-]#[N+]c1cc2c(Nc3ccc(F)c(Cl)c3)c(N)oc2c(-c2ccccc2)n1. The van der Waals surface area contributed by atoms with Crippen LogP contribution >= 0.6 is 11.6 Å². The van der Waals surface area contributed by atoms with Gasteiger partial charge in [0.25, 0.3) is 5.82 Å². The fraction of sp³-hybridized carbons (Fsp3) is 0. The molecule has 0 spiro atoms. The zero-order chi connectivity index (χ0) is 19.0. The highest BCUT2D eigenvalue weighted by atomic mass is 35.5. The number of rotatable bonds is 3. The van der Waals surface area contributed by atoms with E-state index in [9.17, 15) is 4.39 Å². The van der Waals surface area contributed by atoms with Crippen molar-refractivity contribution in [3.63, 3.8) is 0 Å². The first-order chi connectivity index (χ1) is 13.1. The van der Waals surface area contributed by atoms with Crippen molar-refractivity contribution in [3.8, 4) is 11.3 Å². The van der Waals surface area contributed by atoms with Gasteiger partial charge in [0.1, 0.15) is 11.5 Å². The molecule has 0 unspecified atom stereocenters. The van der Waals surface area contributed by atoms with Crippen molar-refractivity contribution in [2.75, 3.05) is 11.1 Å². The number of anilines is 3. The van der Waals surface area contributed by atoms with Crippen LogP contribution in [-0.4, -0.2) is 4.98 Å². The smallest absolute Gasteiger partial charge is 0.271 e. The quantitative estimate of drug-likeness (QED) is 0.418. The first-order valence-corrected chi connectivity index (χ1v) is 8.32. The van der Waals surface area contributed by atoms with Gasteiger partial charge >= 0.3 is 0 Å². The summed E-state index contributed by atoms with van der Waals surface area (Å²) in [5, 5.41) is 3.68. The van der Waals surface area contributed by atoms with E-state index in [0.29, 0.717) is 28.0 Å². The van der Waals surface area contributed by atoms with Gasteiger partial charge in [0.05, 0.1) is 5.02 Å². The van der Waals surface area contributed by atoms with E-state index >= 15 is 0 Å². The highest BCUT2D eigenvalue weighted by Gasteiger charge is 2.21. The van der Waals surface area contributed by atoms with Crippen molar-refractivity contribution >= 4 is 45.6 Å². The maximum Gasteiger partial charge on any atom is 0.271 e. The number of benzene rings is 2. The number of fused-ring (bicyclic) bond motifs is 1. The zero-order valence-corrected chi connectivity index (χ0v) is 14.6. The van der Waals surface area contributed by atoms with Crippen LogP contribution in [0.3, 0.4) is 0 Å². The van der Waals surface area contributed by atoms with Crippen molar-refractivity contribution in [1.82, 2.24) is 4.98 Å². The molecule has 2 heterocycles. The first kappa shape index (κ1) is 16.9. The number of halogens is 2. The molecule has 0 fully saturated rings. The number of hydrogen-bond acceptors (Lipinski definition) is 4. The Morgan fingerprint density at radius 1 is 1.15 bits per heavy atom. The Hall–Kier alpha value is -3.56. The third-order valence-electron chi connectivity index (χ3n) is 4.04. The lowest BCUT2D eigenvalue weighted by Gasteiger charge is -2.06. The molecule has 3 N–H and O–H groups in total. The molecule has 0 radical (unpaired) electrons. The molecule has 5 nitrogen and oxygen atoms in total. The first-order valence-electron chi connectivity index (χ1n) is 7.95. The highest BCUT2D eigenvalue weighted by Crippen LogP contribution is 2.41. The van der Waals surface area contributed by atoms with Crippen LogP contribution in [0.2, 0.25) is 5.02 Å². The molecular weight excluding hydrogens is 367 g/mol. The molecular formula is C20H12ClFN4O. The van der Waals surface area contributed by atoms with E-state index in [1.807, 2.05) is 30.3 Å². The summed E-state index contributed by atoms with van der Waals surface area (Å²) in [5.74, 6) is -0.174. The summed E-state index contributed by atoms with van der Waals surface area (Å²) in [5.41, 5.74) is 8.86. The second-order valence-electron chi connectivity index (χ2n) is 5.78. The van der Waals surface area contributed by atoms with Crippen molar-refractivity contribution in [2.45, 2.75) is 0 Å². The minimum atomic E-state index is -0.516. The summed E-state index contributed by atoms with van der Waals surface area (Å²) >= 11 is 5.85. The van der Waals surface area contributed by atoms with E-state index in [1.54, 1.807) is 6.07 Å².